The van der Waals surface area contributed by atoms with Gasteiger partial charge in [0.05, 0.1) is 28.8 Å². The lowest BCUT2D eigenvalue weighted by molar-refractivity contribution is -0.136. The topological polar surface area (TPSA) is 138 Å². The lowest BCUT2D eigenvalue weighted by Crippen LogP contribution is -2.45. The van der Waals surface area contributed by atoms with Crippen LogP contribution in [-0.2, 0) is 16.1 Å². The molecule has 10 nitrogen and oxygen atoms in total. The maximum atomic E-state index is 13.8. The summed E-state index contributed by atoms with van der Waals surface area (Å²) in [6.07, 6.45) is 3.70. The van der Waals surface area contributed by atoms with E-state index in [0.717, 1.165) is 35.9 Å². The molecule has 230 valence electrons. The summed E-state index contributed by atoms with van der Waals surface area (Å²) in [5.41, 5.74) is 2.63. The molecule has 43 heavy (non-hydrogen) atoms. The molecule has 0 radical (unpaired) electrons. The number of carbonyl (C=O) groups excluding carboxylic acids is 3. The monoisotopic (exact) mass is 608 g/mol. The third-order valence-electron chi connectivity index (χ3n) is 7.93. The number of thiazole rings is 1. The highest BCUT2D eigenvalue weighted by Crippen LogP contribution is 2.39. The van der Waals surface area contributed by atoms with E-state index in [1.807, 2.05) is 17.0 Å². The molecule has 0 aliphatic heterocycles. The molecule has 2 aromatic carbocycles. The highest BCUT2D eigenvalue weighted by Gasteiger charge is 2.34. The molecular formula is C32H40N4O6S. The maximum absolute atomic E-state index is 13.8. The summed E-state index contributed by atoms with van der Waals surface area (Å²) < 4.78 is 5.88. The van der Waals surface area contributed by atoms with E-state index >= 15 is 0 Å². The van der Waals surface area contributed by atoms with Crippen LogP contribution in [0.3, 0.4) is 0 Å². The SMILES string of the molecule is CCOC(=O)c1ccc2nc(NC(=O)N(Cc3ccc(C(=O)NCCC(=O)O)cc3)C3CCC(C(C)(C)C)CC3)sc2c1. The molecule has 0 saturated heterocycles. The van der Waals surface area contributed by atoms with Crippen LogP contribution in [0.25, 0.3) is 10.2 Å². The number of aromatic nitrogens is 1. The van der Waals surface area contributed by atoms with Gasteiger partial charge in [-0.1, -0.05) is 44.2 Å². The Morgan fingerprint density at radius 3 is 2.33 bits per heavy atom. The fraction of sp³-hybridized carbons (Fsp3) is 0.469. The van der Waals surface area contributed by atoms with E-state index in [-0.39, 0.29) is 43.0 Å². The molecule has 1 aromatic heterocycles. The van der Waals surface area contributed by atoms with Gasteiger partial charge in [0.1, 0.15) is 0 Å². The van der Waals surface area contributed by atoms with Gasteiger partial charge in [-0.25, -0.2) is 14.6 Å². The number of hydrogen-bond donors (Lipinski definition) is 3. The largest absolute Gasteiger partial charge is 0.481 e. The number of benzene rings is 2. The van der Waals surface area contributed by atoms with Gasteiger partial charge in [-0.2, -0.15) is 0 Å². The summed E-state index contributed by atoms with van der Waals surface area (Å²) in [6, 6.07) is 12.0. The standard InChI is InChI=1S/C32H40N4O6S/c1-5-42-29(40)22-10-15-25-26(18-22)43-30(34-25)35-31(41)36(24-13-11-23(12-14-24)32(2,3)4)19-20-6-8-21(9-7-20)28(39)33-17-16-27(37)38/h6-10,15,18,23-24H,5,11-14,16-17,19H2,1-4H3,(H,33,39)(H,37,38)(H,34,35,41). The summed E-state index contributed by atoms with van der Waals surface area (Å²) in [7, 11) is 0. The molecule has 3 N–H and O–H groups in total. The summed E-state index contributed by atoms with van der Waals surface area (Å²) in [5, 5.41) is 14.8. The summed E-state index contributed by atoms with van der Waals surface area (Å²) in [6.45, 7) is 9.25. The number of anilines is 1. The van der Waals surface area contributed by atoms with E-state index in [4.69, 9.17) is 9.84 Å². The number of fused-ring (bicyclic) bond motifs is 1. The molecule has 4 rings (SSSR count). The smallest absolute Gasteiger partial charge is 0.338 e. The third-order valence-corrected chi connectivity index (χ3v) is 8.86. The Hall–Kier alpha value is -3.99. The van der Waals surface area contributed by atoms with E-state index in [2.05, 4.69) is 36.4 Å². The maximum Gasteiger partial charge on any atom is 0.338 e. The number of carboxylic acid groups (broad SMARTS) is 1. The molecule has 11 heteroatoms. The summed E-state index contributed by atoms with van der Waals surface area (Å²) >= 11 is 1.30. The van der Waals surface area contributed by atoms with Gasteiger partial charge in [-0.05, 0) is 79.8 Å². The number of hydrogen-bond acceptors (Lipinski definition) is 7. The highest BCUT2D eigenvalue weighted by atomic mass is 32.1. The normalized spacial score (nSPS) is 16.8. The van der Waals surface area contributed by atoms with Crippen LogP contribution in [0.5, 0.6) is 0 Å². The lowest BCUT2D eigenvalue weighted by Gasteiger charge is -2.41. The number of esters is 1. The van der Waals surface area contributed by atoms with Crippen molar-refractivity contribution in [3.05, 3.63) is 59.2 Å². The molecule has 0 spiro atoms. The number of nitrogens with zero attached hydrogens (tertiary/aromatic N) is 2. The molecule has 1 aliphatic rings. The number of urea groups is 1. The van der Waals surface area contributed by atoms with Crippen LogP contribution in [0.1, 0.15) is 86.1 Å². The minimum atomic E-state index is -0.974. The van der Waals surface area contributed by atoms with Crippen LogP contribution < -0.4 is 10.6 Å². The predicted octanol–water partition coefficient (Wildman–Crippen LogP) is 6.32. The van der Waals surface area contributed by atoms with Gasteiger partial charge in [0, 0.05) is 24.7 Å². The first-order chi connectivity index (χ1) is 20.4. The minimum Gasteiger partial charge on any atom is -0.481 e. The first-order valence-electron chi connectivity index (χ1n) is 14.7. The van der Waals surface area contributed by atoms with Crippen molar-refractivity contribution < 1.29 is 29.0 Å². The van der Waals surface area contributed by atoms with Crippen molar-refractivity contribution in [3.63, 3.8) is 0 Å². The Bertz CT molecular complexity index is 1450. The number of carbonyl (C=O) groups is 4. The molecule has 0 atom stereocenters. The zero-order valence-electron chi connectivity index (χ0n) is 25.1. The van der Waals surface area contributed by atoms with Crippen LogP contribution in [0, 0.1) is 11.3 Å². The highest BCUT2D eigenvalue weighted by molar-refractivity contribution is 7.22. The molecule has 1 saturated carbocycles. The molecule has 0 bridgehead atoms. The van der Waals surface area contributed by atoms with Crippen molar-refractivity contribution in [2.45, 2.75) is 72.4 Å². The molecule has 3 aromatic rings. The van der Waals surface area contributed by atoms with Crippen LogP contribution in [-0.4, -0.2) is 58.1 Å². The van der Waals surface area contributed by atoms with Crippen molar-refractivity contribution in [2.75, 3.05) is 18.5 Å². The second kappa shape index (κ2) is 14.0. The van der Waals surface area contributed by atoms with Crippen molar-refractivity contribution in [1.82, 2.24) is 15.2 Å². The fourth-order valence-electron chi connectivity index (χ4n) is 5.45. The lowest BCUT2D eigenvalue weighted by atomic mass is 9.71. The first-order valence-corrected chi connectivity index (χ1v) is 15.5. The second-order valence-corrected chi connectivity index (χ2v) is 13.0. The first kappa shape index (κ1) is 31.9. The fourth-order valence-corrected chi connectivity index (χ4v) is 6.34. The summed E-state index contributed by atoms with van der Waals surface area (Å²) in [4.78, 5) is 55.5. The zero-order chi connectivity index (χ0) is 31.1. The van der Waals surface area contributed by atoms with Crippen LogP contribution in [0.4, 0.5) is 9.93 Å². The molecule has 1 fully saturated rings. The molecule has 1 heterocycles. The van der Waals surface area contributed by atoms with E-state index < -0.39 is 11.9 Å². The number of aliphatic carboxylic acids is 1. The Morgan fingerprint density at radius 2 is 1.70 bits per heavy atom. The zero-order valence-corrected chi connectivity index (χ0v) is 26.0. The quantitative estimate of drug-likeness (QED) is 0.229. The Morgan fingerprint density at radius 1 is 1.02 bits per heavy atom. The van der Waals surface area contributed by atoms with E-state index in [1.165, 1.54) is 11.3 Å². The number of ether oxygens (including phenoxy) is 1. The average Bonchev–Trinajstić information content (AvgIpc) is 3.37. The van der Waals surface area contributed by atoms with Crippen molar-refractivity contribution >= 4 is 50.6 Å². The molecular weight excluding hydrogens is 568 g/mol. The molecule has 0 unspecified atom stereocenters. The van der Waals surface area contributed by atoms with Gasteiger partial charge >= 0.3 is 18.0 Å². The Balaban J connectivity index is 1.50. The van der Waals surface area contributed by atoms with Gasteiger partial charge < -0.3 is 20.1 Å². The van der Waals surface area contributed by atoms with Gasteiger partial charge in [0.2, 0.25) is 0 Å². The number of amides is 3. The number of rotatable bonds is 10. The number of nitrogens with one attached hydrogen (secondary N) is 2. The molecule has 3 amide bonds. The minimum absolute atomic E-state index is 0.0439. The van der Waals surface area contributed by atoms with E-state index in [0.29, 0.717) is 34.2 Å². The van der Waals surface area contributed by atoms with Gasteiger partial charge in [0.25, 0.3) is 5.91 Å². The van der Waals surface area contributed by atoms with Crippen LogP contribution in [0.15, 0.2) is 42.5 Å². The summed E-state index contributed by atoms with van der Waals surface area (Å²) in [5.74, 6) is -1.13. The predicted molar refractivity (Wildman–Crippen MR) is 166 cm³/mol. The Labute approximate surface area is 255 Å². The van der Waals surface area contributed by atoms with Gasteiger partial charge in [-0.3, -0.25) is 14.9 Å². The third kappa shape index (κ3) is 8.53. The average molecular weight is 609 g/mol. The van der Waals surface area contributed by atoms with Crippen molar-refractivity contribution in [2.24, 2.45) is 11.3 Å². The number of carboxylic acids is 1. The van der Waals surface area contributed by atoms with Gasteiger partial charge in [-0.15, -0.1) is 0 Å². The molecule has 1 aliphatic carbocycles. The van der Waals surface area contributed by atoms with Crippen molar-refractivity contribution in [3.8, 4) is 0 Å². The van der Waals surface area contributed by atoms with Crippen molar-refractivity contribution in [1.29, 1.82) is 0 Å². The van der Waals surface area contributed by atoms with Crippen LogP contribution in [0.2, 0.25) is 0 Å². The van der Waals surface area contributed by atoms with Crippen LogP contribution >= 0.6 is 11.3 Å². The van der Waals surface area contributed by atoms with E-state index in [9.17, 15) is 19.2 Å². The van der Waals surface area contributed by atoms with Gasteiger partial charge in [0.15, 0.2) is 5.13 Å². The second-order valence-electron chi connectivity index (χ2n) is 11.9. The van der Waals surface area contributed by atoms with E-state index in [1.54, 1.807) is 37.3 Å². The Kier molecular flexibility index (Phi) is 10.4.